The van der Waals surface area contributed by atoms with Crippen LogP contribution < -0.4 is 15.4 Å². The molecular formula is C16H20N2O2S. The first-order chi connectivity index (χ1) is 10.3. The second-order valence-corrected chi connectivity index (χ2v) is 5.67. The highest BCUT2D eigenvalue weighted by atomic mass is 32.1. The molecule has 0 bridgehead atoms. The van der Waals surface area contributed by atoms with Gasteiger partial charge in [-0.15, -0.1) is 11.3 Å². The number of amides is 1. The molecule has 1 amide bonds. The van der Waals surface area contributed by atoms with E-state index in [-0.39, 0.29) is 12.5 Å². The van der Waals surface area contributed by atoms with Crippen molar-refractivity contribution in [3.63, 3.8) is 0 Å². The fourth-order valence-corrected chi connectivity index (χ4v) is 2.60. The van der Waals surface area contributed by atoms with Crippen molar-refractivity contribution in [1.29, 1.82) is 0 Å². The summed E-state index contributed by atoms with van der Waals surface area (Å²) >= 11 is 1.70. The van der Waals surface area contributed by atoms with Crippen molar-refractivity contribution in [1.82, 2.24) is 10.6 Å². The van der Waals surface area contributed by atoms with Crippen LogP contribution in [0.5, 0.6) is 5.75 Å². The van der Waals surface area contributed by atoms with E-state index in [0.29, 0.717) is 12.3 Å². The van der Waals surface area contributed by atoms with E-state index in [9.17, 15) is 4.79 Å². The van der Waals surface area contributed by atoms with Crippen LogP contribution in [0.25, 0.3) is 0 Å². The first-order valence-electron chi connectivity index (χ1n) is 6.93. The van der Waals surface area contributed by atoms with Gasteiger partial charge in [-0.2, -0.15) is 0 Å². The zero-order valence-corrected chi connectivity index (χ0v) is 12.9. The van der Waals surface area contributed by atoms with Crippen LogP contribution in [0.1, 0.15) is 10.4 Å². The van der Waals surface area contributed by atoms with Crippen LogP contribution in [0.3, 0.4) is 0 Å². The third-order valence-electron chi connectivity index (χ3n) is 2.95. The Bertz CT molecular complexity index is 538. The van der Waals surface area contributed by atoms with E-state index in [2.05, 4.69) is 16.7 Å². The molecule has 0 unspecified atom stereocenters. The fourth-order valence-electron chi connectivity index (χ4n) is 1.89. The maximum atomic E-state index is 11.7. The van der Waals surface area contributed by atoms with Crippen LogP contribution in [0.15, 0.2) is 41.8 Å². The molecule has 0 radical (unpaired) electrons. The number of carbonyl (C=O) groups is 1. The molecule has 5 heteroatoms. The predicted molar refractivity (Wildman–Crippen MR) is 85.7 cm³/mol. The third kappa shape index (κ3) is 5.57. The maximum Gasteiger partial charge on any atom is 0.257 e. The van der Waals surface area contributed by atoms with Crippen molar-refractivity contribution < 1.29 is 9.53 Å². The molecular weight excluding hydrogens is 284 g/mol. The van der Waals surface area contributed by atoms with Gasteiger partial charge in [0.25, 0.3) is 5.91 Å². The molecule has 2 N–H and O–H groups in total. The van der Waals surface area contributed by atoms with E-state index in [1.54, 1.807) is 11.3 Å². The molecule has 0 saturated carbocycles. The number of thiophene rings is 1. The summed E-state index contributed by atoms with van der Waals surface area (Å²) in [6.45, 7) is 1.52. The van der Waals surface area contributed by atoms with Crippen LogP contribution in [-0.4, -0.2) is 26.1 Å². The highest BCUT2D eigenvalue weighted by molar-refractivity contribution is 7.09. The number of hydrogen-bond donors (Lipinski definition) is 2. The lowest BCUT2D eigenvalue weighted by molar-refractivity contribution is -0.123. The summed E-state index contributed by atoms with van der Waals surface area (Å²) in [7, 11) is 1.91. The molecule has 2 rings (SSSR count). The molecule has 21 heavy (non-hydrogen) atoms. The molecule has 0 aliphatic rings. The van der Waals surface area contributed by atoms with Gasteiger partial charge in [0.15, 0.2) is 6.61 Å². The molecule has 1 heterocycles. The molecule has 112 valence electrons. The van der Waals surface area contributed by atoms with Crippen LogP contribution in [0.2, 0.25) is 0 Å². The van der Waals surface area contributed by atoms with E-state index in [1.165, 1.54) is 10.4 Å². The molecule has 2 aromatic rings. The Labute approximate surface area is 129 Å². The third-order valence-corrected chi connectivity index (χ3v) is 3.88. The van der Waals surface area contributed by atoms with E-state index in [1.807, 2.05) is 42.8 Å². The van der Waals surface area contributed by atoms with Crippen molar-refractivity contribution in [2.24, 2.45) is 0 Å². The Morgan fingerprint density at radius 3 is 2.71 bits per heavy atom. The lowest BCUT2D eigenvalue weighted by Crippen LogP contribution is -2.30. The summed E-state index contributed by atoms with van der Waals surface area (Å²) in [5.41, 5.74) is 1.19. The number of rotatable bonds is 8. The standard InChI is InChI=1S/C16H20N2O2S/c1-17-11-13-4-6-14(7-5-13)20-12-16(19)18-9-8-15-3-2-10-21-15/h2-7,10,17H,8-9,11-12H2,1H3,(H,18,19). The molecule has 4 nitrogen and oxygen atoms in total. The molecule has 0 spiro atoms. The van der Waals surface area contributed by atoms with Gasteiger partial charge in [0.1, 0.15) is 5.75 Å². The second kappa shape index (κ2) is 8.44. The highest BCUT2D eigenvalue weighted by Crippen LogP contribution is 2.12. The van der Waals surface area contributed by atoms with E-state index >= 15 is 0 Å². The lowest BCUT2D eigenvalue weighted by atomic mass is 10.2. The number of ether oxygens (including phenoxy) is 1. The smallest absolute Gasteiger partial charge is 0.257 e. The second-order valence-electron chi connectivity index (χ2n) is 4.64. The van der Waals surface area contributed by atoms with Gasteiger partial charge in [0, 0.05) is 18.0 Å². The number of benzene rings is 1. The van der Waals surface area contributed by atoms with Crippen molar-refractivity contribution >= 4 is 17.2 Å². The Kier molecular flexibility index (Phi) is 6.24. The molecule has 0 atom stereocenters. The SMILES string of the molecule is CNCc1ccc(OCC(=O)NCCc2cccs2)cc1. The maximum absolute atomic E-state index is 11.7. The fraction of sp³-hybridized carbons (Fsp3) is 0.312. The topological polar surface area (TPSA) is 50.4 Å². The van der Waals surface area contributed by atoms with Gasteiger partial charge in [-0.3, -0.25) is 4.79 Å². The van der Waals surface area contributed by atoms with Gasteiger partial charge in [-0.1, -0.05) is 18.2 Å². The van der Waals surface area contributed by atoms with E-state index < -0.39 is 0 Å². The first-order valence-corrected chi connectivity index (χ1v) is 7.81. The molecule has 0 aliphatic carbocycles. The first kappa shape index (κ1) is 15.5. The zero-order chi connectivity index (χ0) is 14.9. The van der Waals surface area contributed by atoms with E-state index in [0.717, 1.165) is 13.0 Å². The number of carbonyl (C=O) groups excluding carboxylic acids is 1. The minimum atomic E-state index is -0.0918. The molecule has 1 aromatic heterocycles. The van der Waals surface area contributed by atoms with Gasteiger partial charge >= 0.3 is 0 Å². The Morgan fingerprint density at radius 2 is 2.05 bits per heavy atom. The summed E-state index contributed by atoms with van der Waals surface area (Å²) < 4.78 is 5.46. The molecule has 1 aromatic carbocycles. The number of nitrogens with one attached hydrogen (secondary N) is 2. The molecule has 0 saturated heterocycles. The van der Waals surface area contributed by atoms with Gasteiger partial charge in [0.2, 0.25) is 0 Å². The highest BCUT2D eigenvalue weighted by Gasteiger charge is 2.03. The Morgan fingerprint density at radius 1 is 1.24 bits per heavy atom. The van der Waals surface area contributed by atoms with Gasteiger partial charge < -0.3 is 15.4 Å². The van der Waals surface area contributed by atoms with Crippen LogP contribution >= 0.6 is 11.3 Å². The van der Waals surface area contributed by atoms with Crippen molar-refractivity contribution in [3.05, 3.63) is 52.2 Å². The zero-order valence-electron chi connectivity index (χ0n) is 12.1. The molecule has 0 aliphatic heterocycles. The summed E-state index contributed by atoms with van der Waals surface area (Å²) in [5.74, 6) is 0.620. The summed E-state index contributed by atoms with van der Waals surface area (Å²) in [6.07, 6.45) is 0.863. The average molecular weight is 304 g/mol. The van der Waals surface area contributed by atoms with Crippen LogP contribution in [-0.2, 0) is 17.8 Å². The summed E-state index contributed by atoms with van der Waals surface area (Å²) in [5, 5.41) is 7.98. The van der Waals surface area contributed by atoms with Crippen molar-refractivity contribution in [3.8, 4) is 5.75 Å². The van der Waals surface area contributed by atoms with Gasteiger partial charge in [0.05, 0.1) is 0 Å². The Hall–Kier alpha value is -1.85. The minimum absolute atomic E-state index is 0.0514. The van der Waals surface area contributed by atoms with Gasteiger partial charge in [-0.05, 0) is 42.6 Å². The normalized spacial score (nSPS) is 10.3. The van der Waals surface area contributed by atoms with Gasteiger partial charge in [-0.25, -0.2) is 0 Å². The lowest BCUT2D eigenvalue weighted by Gasteiger charge is -2.08. The average Bonchev–Trinajstić information content (AvgIpc) is 3.00. The van der Waals surface area contributed by atoms with E-state index in [4.69, 9.17) is 4.74 Å². The number of hydrogen-bond acceptors (Lipinski definition) is 4. The largest absolute Gasteiger partial charge is 0.484 e. The summed E-state index contributed by atoms with van der Waals surface area (Å²) in [6, 6.07) is 11.8. The minimum Gasteiger partial charge on any atom is -0.484 e. The van der Waals surface area contributed by atoms with Crippen LogP contribution in [0.4, 0.5) is 0 Å². The van der Waals surface area contributed by atoms with Crippen LogP contribution in [0, 0.1) is 0 Å². The quantitative estimate of drug-likeness (QED) is 0.786. The predicted octanol–water partition coefficient (Wildman–Crippen LogP) is 2.21. The Balaban J connectivity index is 1.66. The summed E-state index contributed by atoms with van der Waals surface area (Å²) in [4.78, 5) is 12.9. The molecule has 0 fully saturated rings. The van der Waals surface area contributed by atoms with Crippen molar-refractivity contribution in [2.75, 3.05) is 20.2 Å². The van der Waals surface area contributed by atoms with Crippen molar-refractivity contribution in [2.45, 2.75) is 13.0 Å². The monoisotopic (exact) mass is 304 g/mol.